The zero-order valence-electron chi connectivity index (χ0n) is 17.4. The van der Waals surface area contributed by atoms with Crippen LogP contribution in [0.15, 0.2) is 48.8 Å². The van der Waals surface area contributed by atoms with Crippen LogP contribution >= 0.6 is 0 Å². The van der Waals surface area contributed by atoms with Crippen LogP contribution in [0.25, 0.3) is 16.8 Å². The molecule has 9 nitrogen and oxygen atoms in total. The number of carbonyl (C=O) groups excluding carboxylic acids is 1. The molecule has 0 aliphatic rings. The summed E-state index contributed by atoms with van der Waals surface area (Å²) >= 11 is 0. The van der Waals surface area contributed by atoms with Crippen LogP contribution in [-0.4, -0.2) is 39.0 Å². The molecule has 4 rings (SSSR count). The van der Waals surface area contributed by atoms with E-state index < -0.39 is 30.4 Å². The molecule has 34 heavy (non-hydrogen) atoms. The van der Waals surface area contributed by atoms with Crippen LogP contribution in [-0.2, 0) is 6.54 Å². The molecular formula is C21H16F4N6O3. The van der Waals surface area contributed by atoms with Gasteiger partial charge in [-0.15, -0.1) is 18.3 Å². The van der Waals surface area contributed by atoms with Gasteiger partial charge in [0.1, 0.15) is 17.1 Å². The van der Waals surface area contributed by atoms with Gasteiger partial charge in [0.15, 0.2) is 5.65 Å². The second-order valence-corrected chi connectivity index (χ2v) is 6.95. The fraction of sp³-hybridized carbons (Fsp3) is 0.143. The van der Waals surface area contributed by atoms with Crippen molar-refractivity contribution in [2.75, 3.05) is 12.8 Å². The lowest BCUT2D eigenvalue weighted by Gasteiger charge is -2.13. The van der Waals surface area contributed by atoms with E-state index in [0.717, 1.165) is 18.2 Å². The van der Waals surface area contributed by atoms with Crippen LogP contribution in [0.3, 0.4) is 0 Å². The number of pyridine rings is 2. The lowest BCUT2D eigenvalue weighted by Crippen LogP contribution is -2.24. The molecule has 4 aromatic rings. The van der Waals surface area contributed by atoms with Crippen LogP contribution in [0.5, 0.6) is 11.6 Å². The maximum Gasteiger partial charge on any atom is 0.573 e. The van der Waals surface area contributed by atoms with Crippen molar-refractivity contribution in [2.45, 2.75) is 12.9 Å². The molecule has 0 aliphatic carbocycles. The fourth-order valence-corrected chi connectivity index (χ4v) is 3.17. The molecule has 0 atom stereocenters. The number of rotatable bonds is 6. The van der Waals surface area contributed by atoms with Crippen LogP contribution in [0.2, 0.25) is 0 Å². The highest BCUT2D eigenvalue weighted by Gasteiger charge is 2.31. The Morgan fingerprint density at radius 2 is 1.97 bits per heavy atom. The first-order chi connectivity index (χ1) is 16.1. The Kier molecular flexibility index (Phi) is 5.92. The normalized spacial score (nSPS) is 11.4. The number of alkyl halides is 3. The highest BCUT2D eigenvalue weighted by Crippen LogP contribution is 2.27. The Morgan fingerprint density at radius 1 is 1.18 bits per heavy atom. The second kappa shape index (κ2) is 8.84. The van der Waals surface area contributed by atoms with Crippen molar-refractivity contribution in [3.8, 4) is 22.8 Å². The van der Waals surface area contributed by atoms with Gasteiger partial charge in [-0.1, -0.05) is 0 Å². The summed E-state index contributed by atoms with van der Waals surface area (Å²) in [6.45, 7) is -0.405. The third-order valence-electron chi connectivity index (χ3n) is 4.67. The molecule has 0 aliphatic heterocycles. The van der Waals surface area contributed by atoms with E-state index in [1.165, 1.54) is 23.9 Å². The number of fused-ring (bicyclic) bond motifs is 1. The molecule has 176 valence electrons. The summed E-state index contributed by atoms with van der Waals surface area (Å²) in [5.74, 6) is -2.00. The van der Waals surface area contributed by atoms with Gasteiger partial charge in [0, 0.05) is 30.1 Å². The van der Waals surface area contributed by atoms with Gasteiger partial charge in [0.05, 0.1) is 7.11 Å². The number of carbonyl (C=O) groups is 1. The molecule has 0 radical (unpaired) electrons. The molecule has 3 aromatic heterocycles. The summed E-state index contributed by atoms with van der Waals surface area (Å²) in [6.07, 6.45) is -1.81. The molecule has 0 unspecified atom stereocenters. The number of ether oxygens (including phenoxy) is 2. The number of hydrogen-bond donors (Lipinski definition) is 2. The fourth-order valence-electron chi connectivity index (χ4n) is 3.17. The van der Waals surface area contributed by atoms with Gasteiger partial charge in [-0.05, 0) is 42.0 Å². The summed E-state index contributed by atoms with van der Waals surface area (Å²) in [5.41, 5.74) is 7.11. The van der Waals surface area contributed by atoms with Crippen molar-refractivity contribution in [1.82, 2.24) is 24.9 Å². The molecule has 13 heteroatoms. The Balaban J connectivity index is 1.57. The zero-order valence-corrected chi connectivity index (χ0v) is 17.4. The van der Waals surface area contributed by atoms with Crippen LogP contribution in [0.4, 0.5) is 23.5 Å². The topological polar surface area (TPSA) is 117 Å². The lowest BCUT2D eigenvalue weighted by atomic mass is 10.1. The Hall–Kier alpha value is -4.42. The summed E-state index contributed by atoms with van der Waals surface area (Å²) < 4.78 is 61.8. The predicted molar refractivity (Wildman–Crippen MR) is 111 cm³/mol. The number of methoxy groups -OCH3 is 1. The van der Waals surface area contributed by atoms with E-state index >= 15 is 0 Å². The maximum atomic E-state index is 14.1. The average molecular weight is 476 g/mol. The first kappa shape index (κ1) is 22.8. The van der Waals surface area contributed by atoms with Gasteiger partial charge in [0.25, 0.3) is 5.91 Å². The van der Waals surface area contributed by atoms with E-state index in [-0.39, 0.29) is 23.0 Å². The Bertz CT molecular complexity index is 1370. The number of nitrogens with one attached hydrogen (secondary N) is 1. The molecule has 1 aromatic carbocycles. The molecule has 0 fully saturated rings. The average Bonchev–Trinajstić information content (AvgIpc) is 3.17. The molecule has 0 spiro atoms. The minimum Gasteiger partial charge on any atom is -0.480 e. The molecule has 3 N–H and O–H groups in total. The van der Waals surface area contributed by atoms with Gasteiger partial charge in [-0.3, -0.25) is 4.79 Å². The summed E-state index contributed by atoms with van der Waals surface area (Å²) in [6, 6.07) is 7.42. The molecule has 0 saturated heterocycles. The Morgan fingerprint density at radius 3 is 2.71 bits per heavy atom. The number of nitrogens with two attached hydrogens (primary N) is 1. The minimum absolute atomic E-state index is 0.00341. The largest absolute Gasteiger partial charge is 0.573 e. The van der Waals surface area contributed by atoms with E-state index in [2.05, 4.69) is 25.1 Å². The number of anilines is 1. The number of benzene rings is 1. The highest BCUT2D eigenvalue weighted by atomic mass is 19.4. The summed E-state index contributed by atoms with van der Waals surface area (Å²) in [7, 11) is 1.32. The number of aromatic nitrogens is 4. The quantitative estimate of drug-likeness (QED) is 0.410. The van der Waals surface area contributed by atoms with E-state index in [1.54, 1.807) is 18.3 Å². The molecule has 3 heterocycles. The second-order valence-electron chi connectivity index (χ2n) is 6.95. The smallest absolute Gasteiger partial charge is 0.480 e. The van der Waals surface area contributed by atoms with Crippen molar-refractivity contribution < 1.29 is 31.8 Å². The first-order valence-corrected chi connectivity index (χ1v) is 9.61. The molecule has 0 bridgehead atoms. The van der Waals surface area contributed by atoms with E-state index in [0.29, 0.717) is 16.8 Å². The molecular weight excluding hydrogens is 460 g/mol. The Labute approximate surface area is 189 Å². The van der Waals surface area contributed by atoms with Gasteiger partial charge < -0.3 is 20.5 Å². The molecule has 1 amide bonds. The highest BCUT2D eigenvalue weighted by molar-refractivity contribution is 5.97. The first-order valence-electron chi connectivity index (χ1n) is 9.61. The van der Waals surface area contributed by atoms with Gasteiger partial charge in [-0.25, -0.2) is 13.9 Å². The van der Waals surface area contributed by atoms with Crippen molar-refractivity contribution in [3.05, 3.63) is 65.7 Å². The van der Waals surface area contributed by atoms with Crippen LogP contribution in [0.1, 0.15) is 15.9 Å². The van der Waals surface area contributed by atoms with Crippen LogP contribution < -0.4 is 20.5 Å². The van der Waals surface area contributed by atoms with Gasteiger partial charge in [0.2, 0.25) is 11.8 Å². The number of nitrogen functional groups attached to an aromatic ring is 1. The van der Waals surface area contributed by atoms with Crippen molar-refractivity contribution in [3.63, 3.8) is 0 Å². The van der Waals surface area contributed by atoms with E-state index in [1.807, 2.05) is 0 Å². The molecule has 0 saturated carbocycles. The summed E-state index contributed by atoms with van der Waals surface area (Å²) in [5, 5.41) is 6.44. The monoisotopic (exact) mass is 476 g/mol. The van der Waals surface area contributed by atoms with Crippen molar-refractivity contribution >= 4 is 17.5 Å². The minimum atomic E-state index is -4.93. The van der Waals surface area contributed by atoms with E-state index in [9.17, 15) is 22.4 Å². The number of hydrogen-bond acceptors (Lipinski definition) is 7. The van der Waals surface area contributed by atoms with Crippen LogP contribution in [0, 0.1) is 5.82 Å². The van der Waals surface area contributed by atoms with Crippen molar-refractivity contribution in [2.24, 2.45) is 0 Å². The zero-order chi connectivity index (χ0) is 24.5. The maximum absolute atomic E-state index is 14.1. The summed E-state index contributed by atoms with van der Waals surface area (Å²) in [4.78, 5) is 21.0. The number of amides is 1. The van der Waals surface area contributed by atoms with Crippen molar-refractivity contribution in [1.29, 1.82) is 0 Å². The third-order valence-corrected chi connectivity index (χ3v) is 4.67. The lowest BCUT2D eigenvalue weighted by molar-refractivity contribution is -0.274. The predicted octanol–water partition coefficient (Wildman–Crippen LogP) is 3.35. The van der Waals surface area contributed by atoms with E-state index in [4.69, 9.17) is 10.5 Å². The SMILES string of the molecule is COc1ncc(-c2ccn3nc(N)nc3c2)cc1C(=O)NCc1cc(OC(F)(F)F)ccc1F. The van der Waals surface area contributed by atoms with Gasteiger partial charge >= 0.3 is 6.36 Å². The standard InChI is InChI=1S/C21H16F4N6O3/c1-33-19-15(7-12(9-28-19)11-4-5-31-17(8-11)29-20(26)30-31)18(32)27-10-13-6-14(2-3-16(13)22)34-21(23,24)25/h2-9H,10H2,1H3,(H2,26,30)(H,27,32). The number of nitrogens with zero attached hydrogens (tertiary/aromatic N) is 4. The number of halogens is 4. The van der Waals surface area contributed by atoms with Gasteiger partial charge in [-0.2, -0.15) is 4.98 Å². The third kappa shape index (κ3) is 4.98.